The van der Waals surface area contributed by atoms with Crippen molar-refractivity contribution in [3.8, 4) is 16.9 Å². The van der Waals surface area contributed by atoms with Gasteiger partial charge in [-0.15, -0.1) is 0 Å². The fraction of sp³-hybridized carbons (Fsp3) is 0.381. The van der Waals surface area contributed by atoms with E-state index in [2.05, 4.69) is 41.1 Å². The largest absolute Gasteiger partial charge is 0.494 e. The molecule has 0 saturated carbocycles. The highest BCUT2D eigenvalue weighted by Gasteiger charge is 2.06. The third-order valence-electron chi connectivity index (χ3n) is 4.06. The number of aldehydes is 1. The molecule has 0 aliphatic carbocycles. The van der Waals surface area contributed by atoms with E-state index in [1.165, 1.54) is 25.7 Å². The van der Waals surface area contributed by atoms with Crippen molar-refractivity contribution in [1.82, 2.24) is 0 Å². The first-order chi connectivity index (χ1) is 11.7. The molecule has 2 nitrogen and oxygen atoms in total. The number of halogens is 1. The van der Waals surface area contributed by atoms with E-state index in [9.17, 15) is 4.79 Å². The summed E-state index contributed by atoms with van der Waals surface area (Å²) in [6.07, 6.45) is 7.59. The van der Waals surface area contributed by atoms with Gasteiger partial charge in [-0.25, -0.2) is 0 Å². The molecular weight excluding hydrogens is 364 g/mol. The second-order valence-electron chi connectivity index (χ2n) is 5.96. The predicted octanol–water partition coefficient (Wildman–Crippen LogP) is 6.21. The van der Waals surface area contributed by atoms with Crippen LogP contribution in [0.2, 0.25) is 0 Å². The molecule has 0 atom stereocenters. The van der Waals surface area contributed by atoms with E-state index in [4.69, 9.17) is 4.74 Å². The van der Waals surface area contributed by atoms with Gasteiger partial charge in [-0.1, -0.05) is 66.7 Å². The summed E-state index contributed by atoms with van der Waals surface area (Å²) in [5.41, 5.74) is 3.23. The first kappa shape index (κ1) is 18.7. The zero-order valence-electron chi connectivity index (χ0n) is 14.3. The van der Waals surface area contributed by atoms with Crippen molar-refractivity contribution in [3.63, 3.8) is 0 Å². The van der Waals surface area contributed by atoms with Crippen LogP contribution >= 0.6 is 15.9 Å². The smallest absolute Gasteiger partial charge is 0.124 e. The molecule has 0 N–H and O–H groups in total. The lowest BCUT2D eigenvalue weighted by atomic mass is 9.98. The van der Waals surface area contributed by atoms with E-state index in [0.29, 0.717) is 6.42 Å². The Balaban J connectivity index is 1.97. The Hall–Kier alpha value is -1.61. The van der Waals surface area contributed by atoms with Crippen molar-refractivity contribution in [2.45, 2.75) is 45.4 Å². The molecule has 0 unspecified atom stereocenters. The highest BCUT2D eigenvalue weighted by Crippen LogP contribution is 2.29. The number of rotatable bonds is 10. The van der Waals surface area contributed by atoms with Crippen LogP contribution in [-0.2, 0) is 11.2 Å². The SMILES string of the molecule is CCCCCCCOc1ccc(-c2cc(Br)ccc2CC=O)cc1. The van der Waals surface area contributed by atoms with Gasteiger partial charge >= 0.3 is 0 Å². The summed E-state index contributed by atoms with van der Waals surface area (Å²) in [5.74, 6) is 0.904. The lowest BCUT2D eigenvalue weighted by Gasteiger charge is -2.10. The standard InChI is InChI=1S/C21H25BrO2/c1-2-3-4-5-6-15-24-20-11-8-17(9-12-20)21-16-19(22)10-7-18(21)13-14-23/h7-12,14,16H,2-6,13,15H2,1H3. The lowest BCUT2D eigenvalue weighted by Crippen LogP contribution is -1.97. The van der Waals surface area contributed by atoms with Crippen molar-refractivity contribution in [2.75, 3.05) is 6.61 Å². The number of carbonyl (C=O) groups is 1. The Morgan fingerprint density at radius 3 is 2.46 bits per heavy atom. The van der Waals surface area contributed by atoms with Gasteiger partial charge in [0.25, 0.3) is 0 Å². The van der Waals surface area contributed by atoms with Crippen LogP contribution in [0.1, 0.15) is 44.6 Å². The quantitative estimate of drug-likeness (QED) is 0.357. The number of carbonyl (C=O) groups excluding carboxylic acids is 1. The van der Waals surface area contributed by atoms with E-state index >= 15 is 0 Å². The average molecular weight is 389 g/mol. The van der Waals surface area contributed by atoms with Crippen LogP contribution in [0.15, 0.2) is 46.9 Å². The van der Waals surface area contributed by atoms with Crippen LogP contribution in [-0.4, -0.2) is 12.9 Å². The molecule has 2 aromatic rings. The Bertz CT molecular complexity index is 635. The maximum atomic E-state index is 10.9. The molecule has 0 spiro atoms. The predicted molar refractivity (Wildman–Crippen MR) is 104 cm³/mol. The zero-order chi connectivity index (χ0) is 17.2. The normalized spacial score (nSPS) is 10.6. The molecule has 0 amide bonds. The summed E-state index contributed by atoms with van der Waals surface area (Å²) in [4.78, 5) is 10.9. The number of hydrogen-bond acceptors (Lipinski definition) is 2. The van der Waals surface area contributed by atoms with Gasteiger partial charge in [0.2, 0.25) is 0 Å². The van der Waals surface area contributed by atoms with Crippen LogP contribution in [0, 0.1) is 0 Å². The Labute approximate surface area is 153 Å². The van der Waals surface area contributed by atoms with E-state index in [1.807, 2.05) is 24.3 Å². The number of hydrogen-bond donors (Lipinski definition) is 0. The highest BCUT2D eigenvalue weighted by molar-refractivity contribution is 9.10. The molecule has 2 rings (SSSR count). The number of unbranched alkanes of at least 4 members (excludes halogenated alkanes) is 4. The third kappa shape index (κ3) is 5.79. The Kier molecular flexibility index (Phi) is 8.03. The first-order valence-corrected chi connectivity index (χ1v) is 9.49. The van der Waals surface area contributed by atoms with Crippen molar-refractivity contribution >= 4 is 22.2 Å². The van der Waals surface area contributed by atoms with Gasteiger partial charge in [0, 0.05) is 10.9 Å². The summed E-state index contributed by atoms with van der Waals surface area (Å²) >= 11 is 3.51. The molecule has 0 bridgehead atoms. The van der Waals surface area contributed by atoms with Crippen LogP contribution in [0.5, 0.6) is 5.75 Å². The number of ether oxygens (including phenoxy) is 1. The van der Waals surface area contributed by atoms with E-state index in [-0.39, 0.29) is 0 Å². The van der Waals surface area contributed by atoms with Gasteiger partial charge in [-0.2, -0.15) is 0 Å². The van der Waals surface area contributed by atoms with Gasteiger partial charge in [-0.3, -0.25) is 0 Å². The minimum atomic E-state index is 0.429. The fourth-order valence-corrected chi connectivity index (χ4v) is 3.07. The van der Waals surface area contributed by atoms with Crippen LogP contribution in [0.25, 0.3) is 11.1 Å². The topological polar surface area (TPSA) is 26.3 Å². The van der Waals surface area contributed by atoms with E-state index in [1.54, 1.807) is 0 Å². The van der Waals surface area contributed by atoms with Crippen molar-refractivity contribution < 1.29 is 9.53 Å². The summed E-state index contributed by atoms with van der Waals surface area (Å²) in [6, 6.07) is 14.2. The Morgan fingerprint density at radius 1 is 1.00 bits per heavy atom. The molecule has 0 radical (unpaired) electrons. The zero-order valence-corrected chi connectivity index (χ0v) is 15.8. The van der Waals surface area contributed by atoms with Gasteiger partial charge in [0.15, 0.2) is 0 Å². The molecule has 0 aliphatic heterocycles. The van der Waals surface area contributed by atoms with Gasteiger partial charge in [-0.05, 0) is 47.4 Å². The van der Waals surface area contributed by atoms with Gasteiger partial charge < -0.3 is 9.53 Å². The van der Waals surface area contributed by atoms with Crippen molar-refractivity contribution in [1.29, 1.82) is 0 Å². The molecule has 24 heavy (non-hydrogen) atoms. The average Bonchev–Trinajstić information content (AvgIpc) is 2.60. The maximum absolute atomic E-state index is 10.9. The Morgan fingerprint density at radius 2 is 1.75 bits per heavy atom. The second kappa shape index (κ2) is 10.3. The summed E-state index contributed by atoms with van der Waals surface area (Å²) in [7, 11) is 0. The first-order valence-electron chi connectivity index (χ1n) is 8.70. The van der Waals surface area contributed by atoms with Crippen LogP contribution < -0.4 is 4.74 Å². The molecule has 0 aliphatic rings. The van der Waals surface area contributed by atoms with Gasteiger partial charge in [0.05, 0.1) is 6.61 Å². The monoisotopic (exact) mass is 388 g/mol. The molecular formula is C21H25BrO2. The summed E-state index contributed by atoms with van der Waals surface area (Å²) in [5, 5.41) is 0. The molecule has 128 valence electrons. The fourth-order valence-electron chi connectivity index (χ4n) is 2.71. The number of benzene rings is 2. The highest BCUT2D eigenvalue weighted by atomic mass is 79.9. The van der Waals surface area contributed by atoms with Gasteiger partial charge in [0.1, 0.15) is 12.0 Å². The minimum Gasteiger partial charge on any atom is -0.494 e. The summed E-state index contributed by atoms with van der Waals surface area (Å²) in [6.45, 7) is 3.00. The maximum Gasteiger partial charge on any atom is 0.124 e. The van der Waals surface area contributed by atoms with E-state index in [0.717, 1.165) is 46.2 Å². The van der Waals surface area contributed by atoms with E-state index < -0.39 is 0 Å². The van der Waals surface area contributed by atoms with Crippen LogP contribution in [0.3, 0.4) is 0 Å². The van der Waals surface area contributed by atoms with Crippen LogP contribution in [0.4, 0.5) is 0 Å². The molecule has 0 aromatic heterocycles. The third-order valence-corrected chi connectivity index (χ3v) is 4.55. The molecule has 0 fully saturated rings. The minimum absolute atomic E-state index is 0.429. The van der Waals surface area contributed by atoms with Crippen molar-refractivity contribution in [3.05, 3.63) is 52.5 Å². The molecule has 3 heteroatoms. The lowest BCUT2D eigenvalue weighted by molar-refractivity contribution is -0.107. The molecule has 0 saturated heterocycles. The molecule has 0 heterocycles. The molecule has 2 aromatic carbocycles. The summed E-state index contributed by atoms with van der Waals surface area (Å²) < 4.78 is 6.83. The second-order valence-corrected chi connectivity index (χ2v) is 6.87. The van der Waals surface area contributed by atoms with Crippen molar-refractivity contribution in [2.24, 2.45) is 0 Å².